The summed E-state index contributed by atoms with van der Waals surface area (Å²) in [5, 5.41) is 21.8. The average Bonchev–Trinajstić information content (AvgIpc) is 3.36. The van der Waals surface area contributed by atoms with Crippen LogP contribution in [0.4, 0.5) is 0 Å². The molecule has 1 aliphatic heterocycles. The van der Waals surface area contributed by atoms with Gasteiger partial charge in [-0.15, -0.1) is 0 Å². The monoisotopic (exact) mass is 418 g/mol. The summed E-state index contributed by atoms with van der Waals surface area (Å²) in [5.74, 6) is 4.57. The fourth-order valence-electron chi connectivity index (χ4n) is 9.78. The van der Waals surface area contributed by atoms with Crippen molar-refractivity contribution in [1.29, 1.82) is 0 Å². The van der Waals surface area contributed by atoms with Crippen LogP contribution < -0.4 is 0 Å². The van der Waals surface area contributed by atoms with Gasteiger partial charge in [-0.3, -0.25) is 0 Å². The van der Waals surface area contributed by atoms with Crippen molar-refractivity contribution in [3.63, 3.8) is 0 Å². The van der Waals surface area contributed by atoms with Gasteiger partial charge in [-0.05, 0) is 85.9 Å². The van der Waals surface area contributed by atoms with Gasteiger partial charge in [0.25, 0.3) is 0 Å². The minimum absolute atomic E-state index is 0.0432. The minimum atomic E-state index is -0.443. The molecule has 30 heavy (non-hydrogen) atoms. The molecule has 11 atom stereocenters. The van der Waals surface area contributed by atoms with Crippen molar-refractivity contribution < 1.29 is 14.9 Å². The summed E-state index contributed by atoms with van der Waals surface area (Å²) in [6.45, 7) is 12.2. The van der Waals surface area contributed by atoms with Gasteiger partial charge in [-0.2, -0.15) is 0 Å². The molecule has 0 unspecified atom stereocenters. The highest BCUT2D eigenvalue weighted by atomic mass is 16.6. The lowest BCUT2D eigenvalue weighted by atomic mass is 9.43. The van der Waals surface area contributed by atoms with Crippen molar-refractivity contribution >= 4 is 0 Å². The van der Waals surface area contributed by atoms with E-state index in [1.165, 1.54) is 44.9 Å². The molecule has 0 radical (unpaired) electrons. The predicted octanol–water partition coefficient (Wildman–Crippen LogP) is 5.57. The Morgan fingerprint density at radius 2 is 1.70 bits per heavy atom. The Labute approximate surface area is 184 Å². The summed E-state index contributed by atoms with van der Waals surface area (Å²) < 4.78 is 6.21. The van der Waals surface area contributed by atoms with E-state index in [2.05, 4.69) is 34.6 Å². The fourth-order valence-corrected chi connectivity index (χ4v) is 9.78. The fraction of sp³-hybridized carbons (Fsp3) is 1.00. The van der Waals surface area contributed by atoms with Crippen LogP contribution in [0, 0.1) is 46.3 Å². The summed E-state index contributed by atoms with van der Waals surface area (Å²) in [4.78, 5) is 0. The molecule has 0 aromatic carbocycles. The maximum Gasteiger partial charge on any atom is 0.129 e. The van der Waals surface area contributed by atoms with Crippen molar-refractivity contribution in [1.82, 2.24) is 0 Å². The van der Waals surface area contributed by atoms with Crippen LogP contribution in [-0.4, -0.2) is 34.1 Å². The number of hydrogen-bond acceptors (Lipinski definition) is 3. The van der Waals surface area contributed by atoms with Crippen LogP contribution in [0.3, 0.4) is 0 Å². The second-order valence-electron chi connectivity index (χ2n) is 13.0. The Morgan fingerprint density at radius 1 is 0.933 bits per heavy atom. The third-order valence-corrected chi connectivity index (χ3v) is 11.3. The van der Waals surface area contributed by atoms with Crippen LogP contribution in [0.1, 0.15) is 98.8 Å². The zero-order chi connectivity index (χ0) is 21.5. The van der Waals surface area contributed by atoms with Crippen molar-refractivity contribution in [2.24, 2.45) is 46.3 Å². The molecular formula is C27H46O3. The average molecular weight is 419 g/mol. The summed E-state index contributed by atoms with van der Waals surface area (Å²) >= 11 is 0. The first-order valence-corrected chi connectivity index (χ1v) is 13.2. The molecule has 0 aromatic rings. The van der Waals surface area contributed by atoms with Crippen molar-refractivity contribution in [2.75, 3.05) is 0 Å². The smallest absolute Gasteiger partial charge is 0.129 e. The lowest BCUT2D eigenvalue weighted by Crippen LogP contribution is -2.63. The molecule has 1 saturated heterocycles. The highest BCUT2D eigenvalue weighted by molar-refractivity contribution is 5.27. The molecule has 0 bridgehead atoms. The molecule has 172 valence electrons. The first-order valence-electron chi connectivity index (χ1n) is 13.2. The molecule has 2 N–H and O–H groups in total. The van der Waals surface area contributed by atoms with E-state index < -0.39 is 11.7 Å². The maximum absolute atomic E-state index is 11.3. The van der Waals surface area contributed by atoms with Crippen LogP contribution in [0.5, 0.6) is 0 Å². The zero-order valence-electron chi connectivity index (χ0n) is 20.1. The van der Waals surface area contributed by atoms with Crippen LogP contribution in [0.2, 0.25) is 0 Å². The molecule has 3 nitrogen and oxygen atoms in total. The first-order chi connectivity index (χ1) is 14.1. The Kier molecular flexibility index (Phi) is 5.20. The molecule has 3 heteroatoms. The Morgan fingerprint density at radius 3 is 2.43 bits per heavy atom. The SMILES string of the molecule is CC(C)CCC[C@@H](C)[C@H]1CC[C@H]2[C@@H]3C[C@H](O)[C@@]45O[C@@H]4[C@@H](O)CC[C@]5(C)[C@H]3CC[C@]12C. The number of aliphatic hydroxyl groups is 2. The molecule has 4 saturated carbocycles. The maximum atomic E-state index is 11.3. The third kappa shape index (κ3) is 2.80. The van der Waals surface area contributed by atoms with Gasteiger partial charge in [-0.25, -0.2) is 0 Å². The largest absolute Gasteiger partial charge is 0.390 e. The van der Waals surface area contributed by atoms with Crippen LogP contribution in [0.25, 0.3) is 0 Å². The number of ether oxygens (including phenoxy) is 1. The van der Waals surface area contributed by atoms with Crippen molar-refractivity contribution in [3.05, 3.63) is 0 Å². The molecule has 0 amide bonds. The highest BCUT2D eigenvalue weighted by Crippen LogP contribution is 2.73. The van der Waals surface area contributed by atoms with Crippen molar-refractivity contribution in [2.45, 2.75) is 123 Å². The summed E-state index contributed by atoms with van der Waals surface area (Å²) in [7, 11) is 0. The molecule has 4 aliphatic carbocycles. The molecule has 1 heterocycles. The van der Waals surface area contributed by atoms with E-state index in [1.54, 1.807) is 0 Å². The van der Waals surface area contributed by atoms with E-state index in [9.17, 15) is 10.2 Å². The Hall–Kier alpha value is -0.120. The van der Waals surface area contributed by atoms with Crippen LogP contribution in [-0.2, 0) is 4.74 Å². The number of rotatable bonds is 5. The van der Waals surface area contributed by atoms with E-state index in [1.807, 2.05) is 0 Å². The molecule has 5 fully saturated rings. The summed E-state index contributed by atoms with van der Waals surface area (Å²) in [6, 6.07) is 0. The Bertz CT molecular complexity index is 662. The molecule has 5 aliphatic rings. The second kappa shape index (κ2) is 7.19. The molecule has 5 rings (SSSR count). The highest BCUT2D eigenvalue weighted by Gasteiger charge is 2.79. The number of aliphatic hydroxyl groups excluding tert-OH is 2. The quantitative estimate of drug-likeness (QED) is 0.574. The van der Waals surface area contributed by atoms with Crippen molar-refractivity contribution in [3.8, 4) is 0 Å². The molecule has 1 spiro atoms. The number of fused-ring (bicyclic) bond motifs is 4. The van der Waals surface area contributed by atoms with Gasteiger partial charge in [0.1, 0.15) is 11.7 Å². The van der Waals surface area contributed by atoms with Crippen LogP contribution in [0.15, 0.2) is 0 Å². The molecular weight excluding hydrogens is 372 g/mol. The number of epoxide rings is 1. The van der Waals surface area contributed by atoms with E-state index >= 15 is 0 Å². The van der Waals surface area contributed by atoms with E-state index in [0.717, 1.165) is 42.9 Å². The topological polar surface area (TPSA) is 53.0 Å². The standard InChI is InChI=1S/C27H46O3/c1-16(2)7-6-8-17(3)19-9-10-20-18-15-23(29)27-24(30-27)22(28)12-14-26(27,5)21(18)11-13-25(19,20)4/h16-24,28-29H,6-15H2,1-5H3/t17-,18+,19-,20+,21+,22+,23+,24-,25-,26-,27-/m1/s1. The van der Waals surface area contributed by atoms with Crippen LogP contribution >= 0.6 is 0 Å². The second-order valence-corrected chi connectivity index (χ2v) is 13.0. The lowest BCUT2D eigenvalue weighted by Gasteiger charge is -2.61. The van der Waals surface area contributed by atoms with E-state index in [-0.39, 0.29) is 17.6 Å². The van der Waals surface area contributed by atoms with Gasteiger partial charge >= 0.3 is 0 Å². The Balaban J connectivity index is 1.35. The zero-order valence-corrected chi connectivity index (χ0v) is 20.1. The molecule has 0 aromatic heterocycles. The number of hydrogen-bond donors (Lipinski definition) is 2. The first kappa shape index (κ1) is 21.7. The summed E-state index contributed by atoms with van der Waals surface area (Å²) in [5.41, 5.74) is 0.0558. The van der Waals surface area contributed by atoms with Gasteiger partial charge in [0.15, 0.2) is 0 Å². The van der Waals surface area contributed by atoms with Gasteiger partial charge in [0.2, 0.25) is 0 Å². The minimum Gasteiger partial charge on any atom is -0.390 e. The van der Waals surface area contributed by atoms with E-state index in [0.29, 0.717) is 17.3 Å². The summed E-state index contributed by atoms with van der Waals surface area (Å²) in [6.07, 6.45) is 11.4. The van der Waals surface area contributed by atoms with Gasteiger partial charge in [0, 0.05) is 5.41 Å². The lowest BCUT2D eigenvalue weighted by molar-refractivity contribution is -0.165. The van der Waals surface area contributed by atoms with Gasteiger partial charge in [-0.1, -0.05) is 53.9 Å². The van der Waals surface area contributed by atoms with Gasteiger partial charge in [0.05, 0.1) is 12.2 Å². The normalized spacial score (nSPS) is 55.4. The van der Waals surface area contributed by atoms with E-state index in [4.69, 9.17) is 4.74 Å². The van der Waals surface area contributed by atoms with Gasteiger partial charge < -0.3 is 14.9 Å². The third-order valence-electron chi connectivity index (χ3n) is 11.3. The predicted molar refractivity (Wildman–Crippen MR) is 120 cm³/mol.